The summed E-state index contributed by atoms with van der Waals surface area (Å²) in [6.45, 7) is 9.05. The van der Waals surface area contributed by atoms with E-state index in [4.69, 9.17) is 0 Å². The maximum absolute atomic E-state index is 2.42. The Bertz CT molecular complexity index is 196. The summed E-state index contributed by atoms with van der Waals surface area (Å²) in [5.74, 6) is 1.07. The maximum Gasteiger partial charge on any atom is 0.0918 e. The number of fused-ring (bicyclic) bond motifs is 1. The number of hydrogen-bond acceptors (Lipinski definition) is 0. The molecule has 1 nitrogen and oxygen atoms in total. The molecule has 0 bridgehead atoms. The Labute approximate surface area is 95.4 Å². The van der Waals surface area contributed by atoms with Crippen molar-refractivity contribution in [2.45, 2.75) is 64.8 Å². The highest BCUT2D eigenvalue weighted by Gasteiger charge is 2.41. The zero-order chi connectivity index (χ0) is 10.7. The Morgan fingerprint density at radius 2 is 1.47 bits per heavy atom. The summed E-state index contributed by atoms with van der Waals surface area (Å²) >= 11 is 0. The monoisotopic (exact) mass is 210 g/mol. The molecular weight excluding hydrogens is 182 g/mol. The summed E-state index contributed by atoms with van der Waals surface area (Å²) in [5.41, 5.74) is 0. The van der Waals surface area contributed by atoms with Crippen LogP contribution in [0.15, 0.2) is 0 Å². The average molecular weight is 210 g/mol. The Balaban J connectivity index is 2.18. The van der Waals surface area contributed by atoms with E-state index in [1.165, 1.54) is 69.1 Å². The number of quaternary nitrogens is 1. The maximum atomic E-state index is 2.42. The predicted octanol–water partition coefficient (Wildman–Crippen LogP) is 3.59. The molecule has 2 unspecified atom stereocenters. The van der Waals surface area contributed by atoms with Gasteiger partial charge in [0.15, 0.2) is 0 Å². The number of rotatable bonds is 2. The normalized spacial score (nSPS) is 35.6. The summed E-state index contributed by atoms with van der Waals surface area (Å²) in [5, 5.41) is 0. The molecule has 2 fully saturated rings. The van der Waals surface area contributed by atoms with Gasteiger partial charge in [0.1, 0.15) is 0 Å². The third-order valence-corrected chi connectivity index (χ3v) is 5.26. The summed E-state index contributed by atoms with van der Waals surface area (Å²) < 4.78 is 1.45. The van der Waals surface area contributed by atoms with E-state index in [0.717, 1.165) is 12.0 Å². The Morgan fingerprint density at radius 3 is 2.13 bits per heavy atom. The lowest BCUT2D eigenvalue weighted by Gasteiger charge is -2.47. The molecule has 1 saturated carbocycles. The lowest BCUT2D eigenvalue weighted by molar-refractivity contribution is -0.951. The Morgan fingerprint density at radius 1 is 0.867 bits per heavy atom. The minimum Gasteiger partial charge on any atom is -0.321 e. The van der Waals surface area contributed by atoms with Crippen LogP contribution in [0.1, 0.15) is 58.8 Å². The molecule has 0 aromatic carbocycles. The van der Waals surface area contributed by atoms with Gasteiger partial charge < -0.3 is 4.48 Å². The molecule has 0 spiro atoms. The first-order valence-corrected chi connectivity index (χ1v) is 7.18. The van der Waals surface area contributed by atoms with Crippen molar-refractivity contribution in [2.75, 3.05) is 19.6 Å². The van der Waals surface area contributed by atoms with Crippen LogP contribution in [0.25, 0.3) is 0 Å². The van der Waals surface area contributed by atoms with Crippen molar-refractivity contribution in [3.63, 3.8) is 0 Å². The van der Waals surface area contributed by atoms with E-state index in [9.17, 15) is 0 Å². The molecule has 1 heterocycles. The predicted molar refractivity (Wildman–Crippen MR) is 65.8 cm³/mol. The molecular formula is C14H28N+. The van der Waals surface area contributed by atoms with E-state index in [1.807, 2.05) is 0 Å². The molecule has 0 radical (unpaired) electrons. The third-order valence-electron chi connectivity index (χ3n) is 5.26. The first-order chi connectivity index (χ1) is 7.32. The second-order valence-electron chi connectivity index (χ2n) is 5.68. The van der Waals surface area contributed by atoms with Crippen LogP contribution in [-0.4, -0.2) is 30.2 Å². The van der Waals surface area contributed by atoms with Crippen LogP contribution in [0.5, 0.6) is 0 Å². The molecule has 1 aliphatic carbocycles. The minimum absolute atomic E-state index is 1.02. The minimum atomic E-state index is 1.02. The number of likely N-dealkylation sites (tertiary alicyclic amines) is 1. The second kappa shape index (κ2) is 4.86. The van der Waals surface area contributed by atoms with Gasteiger partial charge in [-0.1, -0.05) is 6.42 Å². The SMILES string of the molecule is CC[N+]1(CC)CCCCC2CCCCC21. The van der Waals surface area contributed by atoms with E-state index < -0.39 is 0 Å². The zero-order valence-corrected chi connectivity index (χ0v) is 10.7. The lowest BCUT2D eigenvalue weighted by atomic mass is 9.80. The average Bonchev–Trinajstić information content (AvgIpc) is 2.49. The molecule has 1 aliphatic heterocycles. The number of nitrogens with zero attached hydrogens (tertiary/aromatic N) is 1. The highest BCUT2D eigenvalue weighted by molar-refractivity contribution is 4.79. The van der Waals surface area contributed by atoms with Gasteiger partial charge in [0.25, 0.3) is 0 Å². The quantitative estimate of drug-likeness (QED) is 0.611. The van der Waals surface area contributed by atoms with Gasteiger partial charge in [0.05, 0.1) is 25.7 Å². The van der Waals surface area contributed by atoms with Gasteiger partial charge in [-0.3, -0.25) is 0 Å². The van der Waals surface area contributed by atoms with Crippen LogP contribution in [0.2, 0.25) is 0 Å². The molecule has 2 rings (SSSR count). The Hall–Kier alpha value is -0.0400. The van der Waals surface area contributed by atoms with Crippen molar-refractivity contribution >= 4 is 0 Å². The molecule has 0 aromatic heterocycles. The molecule has 15 heavy (non-hydrogen) atoms. The molecule has 0 amide bonds. The van der Waals surface area contributed by atoms with E-state index in [-0.39, 0.29) is 0 Å². The topological polar surface area (TPSA) is 0 Å². The fourth-order valence-corrected chi connectivity index (χ4v) is 4.25. The summed E-state index contributed by atoms with van der Waals surface area (Å²) in [7, 11) is 0. The van der Waals surface area contributed by atoms with Crippen molar-refractivity contribution < 1.29 is 4.48 Å². The van der Waals surface area contributed by atoms with Crippen LogP contribution in [0, 0.1) is 5.92 Å². The van der Waals surface area contributed by atoms with Gasteiger partial charge in [-0.05, 0) is 52.4 Å². The van der Waals surface area contributed by atoms with Crippen LogP contribution in [0.4, 0.5) is 0 Å². The van der Waals surface area contributed by atoms with E-state index >= 15 is 0 Å². The fourth-order valence-electron chi connectivity index (χ4n) is 4.25. The van der Waals surface area contributed by atoms with Crippen molar-refractivity contribution in [3.8, 4) is 0 Å². The van der Waals surface area contributed by atoms with Crippen LogP contribution >= 0.6 is 0 Å². The lowest BCUT2D eigenvalue weighted by Crippen LogP contribution is -2.58. The van der Waals surface area contributed by atoms with E-state index in [1.54, 1.807) is 0 Å². The van der Waals surface area contributed by atoms with Gasteiger partial charge in [-0.2, -0.15) is 0 Å². The fraction of sp³-hybridized carbons (Fsp3) is 1.00. The van der Waals surface area contributed by atoms with Gasteiger partial charge in [-0.25, -0.2) is 0 Å². The van der Waals surface area contributed by atoms with E-state index in [2.05, 4.69) is 13.8 Å². The van der Waals surface area contributed by atoms with Crippen molar-refractivity contribution in [2.24, 2.45) is 5.92 Å². The van der Waals surface area contributed by atoms with Gasteiger partial charge in [0, 0.05) is 5.92 Å². The van der Waals surface area contributed by atoms with Crippen LogP contribution in [-0.2, 0) is 0 Å². The van der Waals surface area contributed by atoms with Crippen molar-refractivity contribution in [1.82, 2.24) is 0 Å². The molecule has 88 valence electrons. The van der Waals surface area contributed by atoms with Crippen LogP contribution < -0.4 is 0 Å². The van der Waals surface area contributed by atoms with E-state index in [0.29, 0.717) is 0 Å². The highest BCUT2D eigenvalue weighted by atomic mass is 15.4. The highest BCUT2D eigenvalue weighted by Crippen LogP contribution is 2.38. The number of hydrogen-bond donors (Lipinski definition) is 0. The Kier molecular flexibility index (Phi) is 3.71. The molecule has 1 saturated heterocycles. The standard InChI is InChI=1S/C14H28N/c1-3-15(4-2)12-8-7-10-13-9-5-6-11-14(13)15/h13-14H,3-12H2,1-2H3/q+1. The third kappa shape index (κ3) is 2.08. The van der Waals surface area contributed by atoms with Crippen molar-refractivity contribution in [3.05, 3.63) is 0 Å². The summed E-state index contributed by atoms with van der Waals surface area (Å²) in [6, 6.07) is 1.02. The van der Waals surface area contributed by atoms with Crippen LogP contribution in [0.3, 0.4) is 0 Å². The molecule has 0 N–H and O–H groups in total. The summed E-state index contributed by atoms with van der Waals surface area (Å²) in [6.07, 6.45) is 10.6. The molecule has 2 aliphatic rings. The van der Waals surface area contributed by atoms with Gasteiger partial charge in [0.2, 0.25) is 0 Å². The summed E-state index contributed by atoms with van der Waals surface area (Å²) in [4.78, 5) is 0. The first-order valence-electron chi connectivity index (χ1n) is 7.18. The molecule has 0 aromatic rings. The molecule has 2 atom stereocenters. The second-order valence-corrected chi connectivity index (χ2v) is 5.68. The first kappa shape index (κ1) is 11.4. The van der Waals surface area contributed by atoms with Crippen molar-refractivity contribution in [1.29, 1.82) is 0 Å². The largest absolute Gasteiger partial charge is 0.321 e. The molecule has 1 heteroatoms. The zero-order valence-electron chi connectivity index (χ0n) is 10.7. The van der Waals surface area contributed by atoms with Gasteiger partial charge in [-0.15, -0.1) is 0 Å². The smallest absolute Gasteiger partial charge is 0.0918 e. The van der Waals surface area contributed by atoms with Gasteiger partial charge >= 0.3 is 0 Å².